The molecule has 148 valence electrons. The zero-order chi connectivity index (χ0) is 19.2. The summed E-state index contributed by atoms with van der Waals surface area (Å²) in [4.78, 5) is 24.1. The molecule has 0 spiro atoms. The SMILES string of the molecule is O=C(NCC1CC1)c1cc(N2CCOCC2)nc(CCCc2ccccc2)n1. The smallest absolute Gasteiger partial charge is 0.270 e. The van der Waals surface area contributed by atoms with E-state index >= 15 is 0 Å². The van der Waals surface area contributed by atoms with Gasteiger partial charge < -0.3 is 15.0 Å². The highest BCUT2D eigenvalue weighted by Gasteiger charge is 2.23. The number of carbonyl (C=O) groups excluding carboxylic acids is 1. The lowest BCUT2D eigenvalue weighted by atomic mass is 10.1. The molecule has 0 bridgehead atoms. The molecule has 1 N–H and O–H groups in total. The molecule has 1 amide bonds. The standard InChI is InChI=1S/C22H28N4O2/c27-22(23-16-18-9-10-18)19-15-21(26-11-13-28-14-12-26)25-20(24-19)8-4-7-17-5-2-1-3-6-17/h1-3,5-6,15,18H,4,7-14,16H2,(H,23,27). The van der Waals surface area contributed by atoms with E-state index in [1.165, 1.54) is 18.4 Å². The first kappa shape index (κ1) is 18.9. The van der Waals surface area contributed by atoms with E-state index in [0.29, 0.717) is 24.8 Å². The maximum absolute atomic E-state index is 12.6. The Balaban J connectivity index is 1.46. The Morgan fingerprint density at radius 3 is 2.64 bits per heavy atom. The van der Waals surface area contributed by atoms with Crippen LogP contribution in [0.3, 0.4) is 0 Å². The molecular weight excluding hydrogens is 352 g/mol. The quantitative estimate of drug-likeness (QED) is 0.763. The summed E-state index contributed by atoms with van der Waals surface area (Å²) >= 11 is 0. The van der Waals surface area contributed by atoms with Gasteiger partial charge in [0.05, 0.1) is 13.2 Å². The highest BCUT2D eigenvalue weighted by molar-refractivity contribution is 5.93. The van der Waals surface area contributed by atoms with Crippen LogP contribution in [0.15, 0.2) is 36.4 Å². The molecule has 0 radical (unpaired) electrons. The molecule has 2 aromatic rings. The van der Waals surface area contributed by atoms with Crippen molar-refractivity contribution in [2.75, 3.05) is 37.7 Å². The van der Waals surface area contributed by atoms with Crippen LogP contribution in [-0.4, -0.2) is 48.7 Å². The molecule has 2 fully saturated rings. The minimum atomic E-state index is -0.0897. The minimum Gasteiger partial charge on any atom is -0.378 e. The minimum absolute atomic E-state index is 0.0897. The lowest BCUT2D eigenvalue weighted by molar-refractivity contribution is 0.0946. The number of ether oxygens (including phenoxy) is 1. The van der Waals surface area contributed by atoms with Gasteiger partial charge in [-0.15, -0.1) is 0 Å². The molecule has 0 unspecified atom stereocenters. The monoisotopic (exact) mass is 380 g/mol. The zero-order valence-electron chi connectivity index (χ0n) is 16.3. The van der Waals surface area contributed by atoms with E-state index in [1.54, 1.807) is 0 Å². The summed E-state index contributed by atoms with van der Waals surface area (Å²) < 4.78 is 5.45. The molecule has 1 aliphatic carbocycles. The highest BCUT2D eigenvalue weighted by atomic mass is 16.5. The van der Waals surface area contributed by atoms with E-state index in [-0.39, 0.29) is 5.91 Å². The maximum Gasteiger partial charge on any atom is 0.270 e. The van der Waals surface area contributed by atoms with Gasteiger partial charge in [-0.1, -0.05) is 30.3 Å². The van der Waals surface area contributed by atoms with Gasteiger partial charge in [0.1, 0.15) is 17.3 Å². The van der Waals surface area contributed by atoms with Crippen molar-refractivity contribution in [1.82, 2.24) is 15.3 Å². The van der Waals surface area contributed by atoms with Gasteiger partial charge in [0.25, 0.3) is 5.91 Å². The number of amides is 1. The second-order valence-electron chi connectivity index (χ2n) is 7.62. The highest BCUT2D eigenvalue weighted by Crippen LogP contribution is 2.27. The second kappa shape index (κ2) is 9.15. The third-order valence-electron chi connectivity index (χ3n) is 5.28. The first-order chi connectivity index (χ1) is 13.8. The average Bonchev–Trinajstić information content (AvgIpc) is 3.58. The second-order valence-corrected chi connectivity index (χ2v) is 7.62. The fraction of sp³-hybridized carbons (Fsp3) is 0.500. The summed E-state index contributed by atoms with van der Waals surface area (Å²) in [5.41, 5.74) is 1.79. The molecule has 1 saturated heterocycles. The first-order valence-corrected chi connectivity index (χ1v) is 10.3. The number of morpholine rings is 1. The number of aromatic nitrogens is 2. The third-order valence-corrected chi connectivity index (χ3v) is 5.28. The number of nitrogens with one attached hydrogen (secondary N) is 1. The molecule has 2 heterocycles. The van der Waals surface area contributed by atoms with Gasteiger partial charge in [0.15, 0.2) is 0 Å². The molecule has 4 rings (SSSR count). The van der Waals surface area contributed by atoms with Crippen LogP contribution in [-0.2, 0) is 17.6 Å². The van der Waals surface area contributed by atoms with Crippen LogP contribution in [0.1, 0.15) is 41.1 Å². The maximum atomic E-state index is 12.6. The predicted octanol–water partition coefficient (Wildman–Crippen LogP) is 2.63. The molecule has 1 saturated carbocycles. The van der Waals surface area contributed by atoms with Crippen LogP contribution in [0.2, 0.25) is 0 Å². The van der Waals surface area contributed by atoms with Gasteiger partial charge in [-0.25, -0.2) is 9.97 Å². The normalized spacial score (nSPS) is 16.8. The molecule has 1 aromatic carbocycles. The number of nitrogens with zero attached hydrogens (tertiary/aromatic N) is 3. The largest absolute Gasteiger partial charge is 0.378 e. The number of rotatable bonds is 8. The van der Waals surface area contributed by atoms with E-state index in [2.05, 4.69) is 39.5 Å². The number of anilines is 1. The van der Waals surface area contributed by atoms with E-state index in [9.17, 15) is 4.79 Å². The molecule has 6 heteroatoms. The van der Waals surface area contributed by atoms with Crippen LogP contribution in [0.4, 0.5) is 5.82 Å². The van der Waals surface area contributed by atoms with Gasteiger partial charge in [-0.3, -0.25) is 4.79 Å². The van der Waals surface area contributed by atoms with E-state index in [0.717, 1.165) is 50.5 Å². The van der Waals surface area contributed by atoms with Gasteiger partial charge in [0.2, 0.25) is 0 Å². The summed E-state index contributed by atoms with van der Waals surface area (Å²) in [7, 11) is 0. The Kier molecular flexibility index (Phi) is 6.17. The first-order valence-electron chi connectivity index (χ1n) is 10.3. The number of aryl methyl sites for hydroxylation is 2. The van der Waals surface area contributed by atoms with Crippen molar-refractivity contribution in [3.05, 3.63) is 53.5 Å². The fourth-order valence-corrected chi connectivity index (χ4v) is 3.41. The van der Waals surface area contributed by atoms with E-state index in [1.807, 2.05) is 12.1 Å². The fourth-order valence-electron chi connectivity index (χ4n) is 3.41. The molecule has 6 nitrogen and oxygen atoms in total. The van der Waals surface area contributed by atoms with Crippen LogP contribution >= 0.6 is 0 Å². The molecule has 28 heavy (non-hydrogen) atoms. The topological polar surface area (TPSA) is 67.4 Å². The van der Waals surface area contributed by atoms with Crippen LogP contribution in [0.5, 0.6) is 0 Å². The summed E-state index contributed by atoms with van der Waals surface area (Å²) in [6.07, 6.45) is 5.13. The van der Waals surface area contributed by atoms with Crippen molar-refractivity contribution in [2.24, 2.45) is 5.92 Å². The Hall–Kier alpha value is -2.47. The average molecular weight is 380 g/mol. The van der Waals surface area contributed by atoms with Gasteiger partial charge in [0, 0.05) is 32.1 Å². The number of benzene rings is 1. The number of hydrogen-bond donors (Lipinski definition) is 1. The van der Waals surface area contributed by atoms with Crippen molar-refractivity contribution in [3.63, 3.8) is 0 Å². The number of hydrogen-bond acceptors (Lipinski definition) is 5. The summed E-state index contributed by atoms with van der Waals surface area (Å²) in [6.45, 7) is 3.72. The Bertz CT molecular complexity index is 786. The Morgan fingerprint density at radius 1 is 1.11 bits per heavy atom. The lowest BCUT2D eigenvalue weighted by Crippen LogP contribution is -2.37. The van der Waals surface area contributed by atoms with Crippen molar-refractivity contribution in [3.8, 4) is 0 Å². The molecule has 2 aliphatic rings. The predicted molar refractivity (Wildman–Crippen MR) is 109 cm³/mol. The Labute approximate surface area is 166 Å². The van der Waals surface area contributed by atoms with Gasteiger partial charge in [-0.05, 0) is 37.2 Å². The zero-order valence-corrected chi connectivity index (χ0v) is 16.3. The summed E-state index contributed by atoms with van der Waals surface area (Å²) in [6, 6.07) is 12.3. The van der Waals surface area contributed by atoms with Crippen molar-refractivity contribution in [1.29, 1.82) is 0 Å². The van der Waals surface area contributed by atoms with Gasteiger partial charge >= 0.3 is 0 Å². The lowest BCUT2D eigenvalue weighted by Gasteiger charge is -2.28. The van der Waals surface area contributed by atoms with E-state index in [4.69, 9.17) is 9.72 Å². The van der Waals surface area contributed by atoms with Crippen LogP contribution in [0.25, 0.3) is 0 Å². The summed E-state index contributed by atoms with van der Waals surface area (Å²) in [5, 5.41) is 3.03. The molecular formula is C22H28N4O2. The third kappa shape index (κ3) is 5.29. The molecule has 1 aromatic heterocycles. The molecule has 0 atom stereocenters. The Morgan fingerprint density at radius 2 is 1.89 bits per heavy atom. The van der Waals surface area contributed by atoms with Gasteiger partial charge in [-0.2, -0.15) is 0 Å². The van der Waals surface area contributed by atoms with Crippen molar-refractivity contribution in [2.45, 2.75) is 32.1 Å². The van der Waals surface area contributed by atoms with Crippen molar-refractivity contribution < 1.29 is 9.53 Å². The van der Waals surface area contributed by atoms with Crippen LogP contribution < -0.4 is 10.2 Å². The van der Waals surface area contributed by atoms with Crippen LogP contribution in [0, 0.1) is 5.92 Å². The summed E-state index contributed by atoms with van der Waals surface area (Å²) in [5.74, 6) is 2.14. The molecule has 1 aliphatic heterocycles. The van der Waals surface area contributed by atoms with Crippen molar-refractivity contribution >= 4 is 11.7 Å². The number of carbonyl (C=O) groups is 1. The van der Waals surface area contributed by atoms with E-state index < -0.39 is 0 Å².